The molecule has 0 aliphatic rings. The molecule has 1 aromatic heterocycles. The monoisotopic (exact) mass is 240 g/mol. The van der Waals surface area contributed by atoms with Crippen LogP contribution in [-0.4, -0.2) is 42.1 Å². The maximum absolute atomic E-state index is 11.6. The van der Waals surface area contributed by atoms with Gasteiger partial charge in [0.2, 0.25) is 5.91 Å². The molecule has 0 spiro atoms. The number of nitrogens with zero attached hydrogens (tertiary/aromatic N) is 1. The lowest BCUT2D eigenvalue weighted by atomic mass is 10.3. The van der Waals surface area contributed by atoms with Crippen molar-refractivity contribution in [2.75, 3.05) is 26.2 Å². The summed E-state index contributed by atoms with van der Waals surface area (Å²) < 4.78 is 5.06. The molecule has 0 aromatic carbocycles. The number of hydrogen-bond donors (Lipinski definition) is 2. The van der Waals surface area contributed by atoms with Gasteiger partial charge in [-0.25, -0.2) is 0 Å². The average Bonchev–Trinajstić information content (AvgIpc) is 2.84. The van der Waals surface area contributed by atoms with Crippen LogP contribution in [0.1, 0.15) is 25.7 Å². The number of furan rings is 1. The summed E-state index contributed by atoms with van der Waals surface area (Å²) in [4.78, 5) is 13.4. The molecule has 0 aliphatic heterocycles. The first-order valence-electron chi connectivity index (χ1n) is 5.89. The Morgan fingerprint density at radius 2 is 2.24 bits per heavy atom. The summed E-state index contributed by atoms with van der Waals surface area (Å²) in [5.74, 6) is 0.550. The van der Waals surface area contributed by atoms with E-state index in [4.69, 9.17) is 4.42 Å². The first-order chi connectivity index (χ1) is 8.19. The van der Waals surface area contributed by atoms with Gasteiger partial charge in [-0.05, 0) is 26.0 Å². The van der Waals surface area contributed by atoms with E-state index in [2.05, 4.69) is 5.32 Å². The van der Waals surface area contributed by atoms with Crippen molar-refractivity contribution in [2.45, 2.75) is 20.0 Å². The molecule has 1 atom stereocenters. The average molecular weight is 240 g/mol. The Hall–Kier alpha value is -1.33. The third-order valence-electron chi connectivity index (χ3n) is 2.60. The maximum atomic E-state index is 11.6. The Balaban J connectivity index is 2.26. The van der Waals surface area contributed by atoms with E-state index < -0.39 is 6.10 Å². The highest BCUT2D eigenvalue weighted by Crippen LogP contribution is 2.11. The molecule has 1 unspecified atom stereocenters. The van der Waals surface area contributed by atoms with Crippen LogP contribution in [0.3, 0.4) is 0 Å². The minimum absolute atomic E-state index is 0.0432. The molecule has 2 N–H and O–H groups in total. The first-order valence-corrected chi connectivity index (χ1v) is 5.89. The number of hydrogen-bond acceptors (Lipinski definition) is 4. The topological polar surface area (TPSA) is 65.7 Å². The molecule has 0 bridgehead atoms. The number of nitrogens with one attached hydrogen (secondary N) is 1. The number of amides is 1. The van der Waals surface area contributed by atoms with Crippen molar-refractivity contribution in [1.29, 1.82) is 0 Å². The number of rotatable bonds is 7. The van der Waals surface area contributed by atoms with Gasteiger partial charge >= 0.3 is 0 Å². The highest BCUT2D eigenvalue weighted by atomic mass is 16.4. The number of likely N-dealkylation sites (N-methyl/N-ethyl adjacent to an activating group) is 1. The molecule has 1 aromatic rings. The van der Waals surface area contributed by atoms with Gasteiger partial charge in [-0.15, -0.1) is 0 Å². The molecule has 1 rings (SSSR count). The van der Waals surface area contributed by atoms with E-state index in [1.165, 1.54) is 6.26 Å². The van der Waals surface area contributed by atoms with Gasteiger partial charge in [0.25, 0.3) is 0 Å². The summed E-state index contributed by atoms with van der Waals surface area (Å²) >= 11 is 0. The summed E-state index contributed by atoms with van der Waals surface area (Å²) in [5.41, 5.74) is 0. The van der Waals surface area contributed by atoms with Crippen molar-refractivity contribution in [1.82, 2.24) is 10.2 Å². The molecule has 5 nitrogen and oxygen atoms in total. The minimum atomic E-state index is -0.713. The van der Waals surface area contributed by atoms with Gasteiger partial charge in [0.1, 0.15) is 11.9 Å². The lowest BCUT2D eigenvalue weighted by Gasteiger charge is -2.19. The summed E-state index contributed by atoms with van der Waals surface area (Å²) in [5, 5.41) is 12.6. The second kappa shape index (κ2) is 7.09. The quantitative estimate of drug-likeness (QED) is 0.739. The molecule has 0 radical (unpaired) electrons. The Morgan fingerprint density at radius 3 is 2.76 bits per heavy atom. The predicted octanol–water partition coefficient (Wildman–Crippen LogP) is 0.771. The maximum Gasteiger partial charge on any atom is 0.236 e. The highest BCUT2D eigenvalue weighted by molar-refractivity contribution is 5.78. The van der Waals surface area contributed by atoms with E-state index in [0.29, 0.717) is 25.4 Å². The van der Waals surface area contributed by atoms with E-state index in [1.54, 1.807) is 17.0 Å². The first kappa shape index (κ1) is 13.7. The third-order valence-corrected chi connectivity index (χ3v) is 2.60. The third kappa shape index (κ3) is 4.20. The van der Waals surface area contributed by atoms with Gasteiger partial charge in [-0.3, -0.25) is 4.79 Å². The van der Waals surface area contributed by atoms with Crippen molar-refractivity contribution in [3.05, 3.63) is 24.2 Å². The Labute approximate surface area is 101 Å². The fourth-order valence-electron chi connectivity index (χ4n) is 1.59. The van der Waals surface area contributed by atoms with Gasteiger partial charge in [-0.2, -0.15) is 0 Å². The molecule has 1 amide bonds. The summed E-state index contributed by atoms with van der Waals surface area (Å²) in [6.07, 6.45) is 0.800. The highest BCUT2D eigenvalue weighted by Gasteiger charge is 2.12. The van der Waals surface area contributed by atoms with Crippen LogP contribution in [-0.2, 0) is 4.79 Å². The van der Waals surface area contributed by atoms with E-state index in [-0.39, 0.29) is 12.5 Å². The fraction of sp³-hybridized carbons (Fsp3) is 0.583. The molecule has 0 saturated carbocycles. The van der Waals surface area contributed by atoms with E-state index in [0.717, 1.165) is 0 Å². The molecule has 0 fully saturated rings. The summed E-state index contributed by atoms with van der Waals surface area (Å²) in [6, 6.07) is 3.43. The Morgan fingerprint density at radius 1 is 1.53 bits per heavy atom. The van der Waals surface area contributed by atoms with Gasteiger partial charge in [0.15, 0.2) is 0 Å². The second-order valence-electron chi connectivity index (χ2n) is 3.73. The standard InChI is InChI=1S/C12H20N2O3/c1-3-14(4-2)12(16)9-13-8-10(15)11-6-5-7-17-11/h5-7,10,13,15H,3-4,8-9H2,1-2H3. The van der Waals surface area contributed by atoms with Crippen LogP contribution in [0, 0.1) is 0 Å². The zero-order valence-electron chi connectivity index (χ0n) is 10.3. The smallest absolute Gasteiger partial charge is 0.236 e. The number of aliphatic hydroxyl groups is 1. The minimum Gasteiger partial charge on any atom is -0.467 e. The molecule has 1 heterocycles. The van der Waals surface area contributed by atoms with Gasteiger partial charge in [-0.1, -0.05) is 0 Å². The van der Waals surface area contributed by atoms with Gasteiger partial charge in [0.05, 0.1) is 12.8 Å². The van der Waals surface area contributed by atoms with Crippen molar-refractivity contribution in [2.24, 2.45) is 0 Å². The number of aliphatic hydroxyl groups excluding tert-OH is 1. The lowest BCUT2D eigenvalue weighted by molar-refractivity contribution is -0.129. The van der Waals surface area contributed by atoms with Crippen LogP contribution in [0.5, 0.6) is 0 Å². The van der Waals surface area contributed by atoms with Crippen molar-refractivity contribution >= 4 is 5.91 Å². The predicted molar refractivity (Wildman–Crippen MR) is 64.5 cm³/mol. The van der Waals surface area contributed by atoms with Gasteiger partial charge < -0.3 is 19.7 Å². The number of carbonyl (C=O) groups is 1. The van der Waals surface area contributed by atoms with E-state index in [9.17, 15) is 9.90 Å². The molecule has 0 aliphatic carbocycles. The van der Waals surface area contributed by atoms with Crippen LogP contribution in [0.4, 0.5) is 0 Å². The zero-order chi connectivity index (χ0) is 12.7. The number of carbonyl (C=O) groups excluding carboxylic acids is 1. The van der Waals surface area contributed by atoms with Crippen LogP contribution in [0.15, 0.2) is 22.8 Å². The second-order valence-corrected chi connectivity index (χ2v) is 3.73. The summed E-state index contributed by atoms with van der Waals surface area (Å²) in [6.45, 7) is 5.84. The largest absolute Gasteiger partial charge is 0.467 e. The Kier molecular flexibility index (Phi) is 5.72. The molecule has 0 saturated heterocycles. The van der Waals surface area contributed by atoms with Crippen LogP contribution < -0.4 is 5.32 Å². The van der Waals surface area contributed by atoms with Crippen LogP contribution >= 0.6 is 0 Å². The summed E-state index contributed by atoms with van der Waals surface area (Å²) in [7, 11) is 0. The van der Waals surface area contributed by atoms with Crippen molar-refractivity contribution in [3.8, 4) is 0 Å². The van der Waals surface area contributed by atoms with Gasteiger partial charge in [0, 0.05) is 19.6 Å². The normalized spacial score (nSPS) is 12.4. The van der Waals surface area contributed by atoms with Crippen LogP contribution in [0.25, 0.3) is 0 Å². The molecular weight excluding hydrogens is 220 g/mol. The zero-order valence-corrected chi connectivity index (χ0v) is 10.3. The van der Waals surface area contributed by atoms with Crippen LogP contribution in [0.2, 0.25) is 0 Å². The van der Waals surface area contributed by atoms with Crippen molar-refractivity contribution in [3.63, 3.8) is 0 Å². The molecule has 96 valence electrons. The fourth-order valence-corrected chi connectivity index (χ4v) is 1.59. The molecular formula is C12H20N2O3. The lowest BCUT2D eigenvalue weighted by Crippen LogP contribution is -2.39. The van der Waals surface area contributed by atoms with E-state index in [1.807, 2.05) is 13.8 Å². The van der Waals surface area contributed by atoms with E-state index >= 15 is 0 Å². The van der Waals surface area contributed by atoms with Crippen molar-refractivity contribution < 1.29 is 14.3 Å². The Bertz CT molecular complexity index is 321. The molecule has 17 heavy (non-hydrogen) atoms. The molecule has 5 heteroatoms. The SMILES string of the molecule is CCN(CC)C(=O)CNCC(O)c1ccco1.